The van der Waals surface area contributed by atoms with Crippen molar-refractivity contribution < 1.29 is 0 Å². The van der Waals surface area contributed by atoms with Gasteiger partial charge in [-0.25, -0.2) is 19.9 Å². The van der Waals surface area contributed by atoms with Gasteiger partial charge in [-0.15, -0.1) is 5.10 Å². The van der Waals surface area contributed by atoms with Gasteiger partial charge < -0.3 is 4.57 Å². The Morgan fingerprint density at radius 2 is 1.74 bits per heavy atom. The number of fused-ring (bicyclic) bond motifs is 1. The zero-order valence-electron chi connectivity index (χ0n) is 15.9. The molecule has 1 aliphatic rings. The average Bonchev–Trinajstić information content (AvgIpc) is 3.27. The minimum atomic E-state index is 0.367. The maximum atomic E-state index is 4.86. The van der Waals surface area contributed by atoms with Crippen LogP contribution in [0.5, 0.6) is 0 Å². The molecule has 0 spiro atoms. The lowest BCUT2D eigenvalue weighted by molar-refractivity contribution is 0.768. The molecule has 136 valence electrons. The van der Waals surface area contributed by atoms with Gasteiger partial charge in [0.15, 0.2) is 5.82 Å². The monoisotopic (exact) mass is 359 g/mol. The molecule has 0 aliphatic heterocycles. The summed E-state index contributed by atoms with van der Waals surface area (Å²) in [6.45, 7) is 5.76. The number of hydrogen-bond donors (Lipinski definition) is 0. The van der Waals surface area contributed by atoms with Crippen LogP contribution in [-0.4, -0.2) is 34.3 Å². The molecule has 7 nitrogen and oxygen atoms in total. The van der Waals surface area contributed by atoms with Crippen LogP contribution in [0.1, 0.15) is 47.2 Å². The number of imidazole rings is 1. The largest absolute Gasteiger partial charge is 0.331 e. The molecule has 7 heteroatoms. The van der Waals surface area contributed by atoms with Gasteiger partial charge in [-0.05, 0) is 39.3 Å². The second kappa shape index (κ2) is 5.70. The van der Waals surface area contributed by atoms with Gasteiger partial charge in [0.05, 0.1) is 16.7 Å². The van der Waals surface area contributed by atoms with E-state index < -0.39 is 0 Å². The molecule has 1 fully saturated rings. The highest BCUT2D eigenvalue weighted by molar-refractivity contribution is 5.76. The molecule has 4 aromatic rings. The summed E-state index contributed by atoms with van der Waals surface area (Å²) in [5.41, 5.74) is 3.28. The van der Waals surface area contributed by atoms with Crippen molar-refractivity contribution in [2.75, 3.05) is 0 Å². The van der Waals surface area contributed by atoms with E-state index >= 15 is 0 Å². The van der Waals surface area contributed by atoms with Crippen LogP contribution in [0.2, 0.25) is 0 Å². The molecule has 0 N–H and O–H groups in total. The van der Waals surface area contributed by atoms with Crippen LogP contribution in [-0.2, 0) is 7.05 Å². The van der Waals surface area contributed by atoms with Crippen LogP contribution in [0.4, 0.5) is 0 Å². The second-order valence-electron chi connectivity index (χ2n) is 7.28. The summed E-state index contributed by atoms with van der Waals surface area (Å²) in [5.74, 6) is 5.01. The van der Waals surface area contributed by atoms with Crippen molar-refractivity contribution in [1.29, 1.82) is 0 Å². The fourth-order valence-electron chi connectivity index (χ4n) is 3.91. The molecule has 0 radical (unpaired) electrons. The van der Waals surface area contributed by atoms with E-state index in [1.165, 1.54) is 5.52 Å². The Labute approximate surface area is 157 Å². The quantitative estimate of drug-likeness (QED) is 0.562. The minimum absolute atomic E-state index is 0.367. The van der Waals surface area contributed by atoms with Gasteiger partial charge >= 0.3 is 0 Å². The summed E-state index contributed by atoms with van der Waals surface area (Å²) in [7, 11) is 2.10. The van der Waals surface area contributed by atoms with Crippen molar-refractivity contribution in [2.45, 2.75) is 39.0 Å². The highest BCUT2D eigenvalue weighted by Gasteiger charge is 2.44. The van der Waals surface area contributed by atoms with E-state index in [9.17, 15) is 0 Å². The lowest BCUT2D eigenvalue weighted by Crippen LogP contribution is -2.07. The second-order valence-corrected chi connectivity index (χ2v) is 7.28. The molecule has 0 saturated heterocycles. The van der Waals surface area contributed by atoms with Crippen molar-refractivity contribution >= 4 is 11.0 Å². The predicted molar refractivity (Wildman–Crippen MR) is 102 cm³/mol. The predicted octanol–water partition coefficient (Wildman–Crippen LogP) is 3.14. The molecule has 2 atom stereocenters. The first-order valence-electron chi connectivity index (χ1n) is 9.19. The van der Waals surface area contributed by atoms with Gasteiger partial charge in [-0.3, -0.25) is 0 Å². The van der Waals surface area contributed by atoms with E-state index in [4.69, 9.17) is 9.97 Å². The lowest BCUT2D eigenvalue weighted by atomic mass is 10.2. The molecule has 5 rings (SSSR count). The van der Waals surface area contributed by atoms with Crippen LogP contribution < -0.4 is 0 Å². The third-order valence-electron chi connectivity index (χ3n) is 5.26. The van der Waals surface area contributed by atoms with E-state index in [2.05, 4.69) is 44.9 Å². The fraction of sp³-hybridized carbons (Fsp3) is 0.350. The Morgan fingerprint density at radius 3 is 2.48 bits per heavy atom. The van der Waals surface area contributed by atoms with E-state index in [0.29, 0.717) is 11.8 Å². The van der Waals surface area contributed by atoms with E-state index in [1.807, 2.05) is 32.9 Å². The number of para-hydroxylation sites is 2. The smallest absolute Gasteiger partial charge is 0.159 e. The highest BCUT2D eigenvalue weighted by Crippen LogP contribution is 2.54. The van der Waals surface area contributed by atoms with Gasteiger partial charge in [-0.1, -0.05) is 12.1 Å². The van der Waals surface area contributed by atoms with Crippen molar-refractivity contribution in [3.05, 3.63) is 59.3 Å². The molecule has 1 saturated carbocycles. The van der Waals surface area contributed by atoms with Gasteiger partial charge in [-0.2, -0.15) is 4.68 Å². The maximum Gasteiger partial charge on any atom is 0.159 e. The highest BCUT2D eigenvalue weighted by atomic mass is 15.4. The first-order chi connectivity index (χ1) is 13.0. The normalized spacial score (nSPS) is 19.0. The summed E-state index contributed by atoms with van der Waals surface area (Å²) in [4.78, 5) is 18.5. The Kier molecular flexibility index (Phi) is 3.40. The molecule has 0 amide bonds. The number of hydrogen-bond acceptors (Lipinski definition) is 5. The zero-order chi connectivity index (χ0) is 18.7. The molecule has 27 heavy (non-hydrogen) atoms. The van der Waals surface area contributed by atoms with Crippen molar-refractivity contribution in [3.63, 3.8) is 0 Å². The third kappa shape index (κ3) is 2.61. The molecule has 2 unspecified atom stereocenters. The fourth-order valence-corrected chi connectivity index (χ4v) is 3.91. The summed E-state index contributed by atoms with van der Waals surface area (Å²) in [6, 6.07) is 10.3. The number of benzene rings is 1. The van der Waals surface area contributed by atoms with E-state index in [-0.39, 0.29) is 0 Å². The minimum Gasteiger partial charge on any atom is -0.331 e. The first kappa shape index (κ1) is 16.1. The van der Waals surface area contributed by atoms with Crippen molar-refractivity contribution in [1.82, 2.24) is 34.3 Å². The third-order valence-corrected chi connectivity index (χ3v) is 5.26. The number of nitrogens with zero attached hydrogens (tertiary/aromatic N) is 7. The number of aromatic nitrogens is 7. The van der Waals surface area contributed by atoms with E-state index in [1.54, 1.807) is 4.68 Å². The van der Waals surface area contributed by atoms with Crippen molar-refractivity contribution in [2.24, 2.45) is 7.05 Å². The average molecular weight is 359 g/mol. The van der Waals surface area contributed by atoms with Gasteiger partial charge in [0, 0.05) is 24.9 Å². The van der Waals surface area contributed by atoms with Crippen LogP contribution in [0.3, 0.4) is 0 Å². The van der Waals surface area contributed by atoms with Crippen LogP contribution in [0, 0.1) is 20.8 Å². The van der Waals surface area contributed by atoms with Gasteiger partial charge in [0.1, 0.15) is 23.3 Å². The standard InChI is InChI=1S/C20H21N7/c1-11-22-17(10-19(23-11)27-13(3)21-12(2)25-27)14-9-15(14)20-24-16-7-5-6-8-18(16)26(20)4/h5-8,10,14-15H,9H2,1-4H3. The zero-order valence-corrected chi connectivity index (χ0v) is 15.9. The Morgan fingerprint density at radius 1 is 0.926 bits per heavy atom. The van der Waals surface area contributed by atoms with Crippen LogP contribution in [0.25, 0.3) is 16.9 Å². The van der Waals surface area contributed by atoms with Crippen molar-refractivity contribution in [3.8, 4) is 5.82 Å². The molecule has 1 aliphatic carbocycles. The summed E-state index contributed by atoms with van der Waals surface area (Å²) < 4.78 is 4.00. The Bertz CT molecular complexity index is 1170. The summed E-state index contributed by atoms with van der Waals surface area (Å²) in [6.07, 6.45) is 1.06. The topological polar surface area (TPSA) is 74.3 Å². The maximum absolute atomic E-state index is 4.86. The first-order valence-corrected chi connectivity index (χ1v) is 9.19. The summed E-state index contributed by atoms with van der Waals surface area (Å²) >= 11 is 0. The van der Waals surface area contributed by atoms with E-state index in [0.717, 1.165) is 46.7 Å². The van der Waals surface area contributed by atoms with Crippen LogP contribution in [0.15, 0.2) is 30.3 Å². The molecule has 3 heterocycles. The molecular weight excluding hydrogens is 338 g/mol. The van der Waals surface area contributed by atoms with Crippen LogP contribution >= 0.6 is 0 Å². The Hall–Kier alpha value is -3.09. The molecule has 0 bridgehead atoms. The molecule has 3 aromatic heterocycles. The van der Waals surface area contributed by atoms with Gasteiger partial charge in [0.25, 0.3) is 0 Å². The lowest BCUT2D eigenvalue weighted by Gasteiger charge is -2.07. The summed E-state index contributed by atoms with van der Waals surface area (Å²) in [5, 5.41) is 4.46. The molecule has 1 aromatic carbocycles. The Balaban J connectivity index is 1.51. The number of aryl methyl sites for hydroxylation is 4. The van der Waals surface area contributed by atoms with Gasteiger partial charge in [0.2, 0.25) is 0 Å². The number of rotatable bonds is 3. The SMILES string of the molecule is Cc1nc(C2CC2c2nc3ccccc3n2C)cc(-n2nc(C)nc2C)n1. The molecular formula is C20H21N7.